The van der Waals surface area contributed by atoms with E-state index in [1.807, 2.05) is 0 Å². The van der Waals surface area contributed by atoms with E-state index in [0.717, 1.165) is 32.0 Å². The van der Waals surface area contributed by atoms with Gasteiger partial charge in [0, 0.05) is 6.42 Å². The maximum absolute atomic E-state index is 11.1. The number of hydrogen-bond donors (Lipinski definition) is 0. The molecule has 1 aliphatic heterocycles. The van der Waals surface area contributed by atoms with E-state index in [2.05, 4.69) is 0 Å². The van der Waals surface area contributed by atoms with Crippen LogP contribution in [0.2, 0.25) is 0 Å². The van der Waals surface area contributed by atoms with E-state index in [9.17, 15) is 9.59 Å². The summed E-state index contributed by atoms with van der Waals surface area (Å²) in [5, 5.41) is 0. The zero-order valence-electron chi connectivity index (χ0n) is 6.91. The second-order valence-electron chi connectivity index (χ2n) is 3.76. The molecule has 1 unspecified atom stereocenters. The zero-order valence-corrected chi connectivity index (χ0v) is 6.91. The topological polar surface area (TPSA) is 43.4 Å². The van der Waals surface area contributed by atoms with Gasteiger partial charge < -0.3 is 9.53 Å². The van der Waals surface area contributed by atoms with Crippen molar-refractivity contribution in [1.29, 1.82) is 0 Å². The molecule has 1 aliphatic carbocycles. The lowest BCUT2D eigenvalue weighted by Gasteiger charge is -2.20. The lowest BCUT2D eigenvalue weighted by Crippen LogP contribution is -2.23. The van der Waals surface area contributed by atoms with Crippen LogP contribution in [0.25, 0.3) is 0 Å². The van der Waals surface area contributed by atoms with Gasteiger partial charge in [-0.15, -0.1) is 0 Å². The van der Waals surface area contributed by atoms with E-state index in [1.165, 1.54) is 0 Å². The molecule has 1 spiro atoms. The van der Waals surface area contributed by atoms with Gasteiger partial charge in [-0.05, 0) is 25.7 Å². The minimum absolute atomic E-state index is 0.247. The van der Waals surface area contributed by atoms with E-state index in [-0.39, 0.29) is 11.6 Å². The Balaban J connectivity index is 2.13. The normalized spacial score (nSPS) is 32.3. The Bertz CT molecular complexity index is 216. The van der Waals surface area contributed by atoms with Crippen molar-refractivity contribution in [1.82, 2.24) is 0 Å². The number of ether oxygens (including phenoxy) is 1. The van der Waals surface area contributed by atoms with E-state index >= 15 is 0 Å². The number of carbonyl (C=O) groups excluding carboxylic acids is 2. The standard InChI is InChI=1S/C9H12O3/c10-6-7-5-9(12-8(7)11)3-1-2-4-9/h6-7H,1-5H2. The molecule has 0 aromatic rings. The Hall–Kier alpha value is -0.860. The van der Waals surface area contributed by atoms with Crippen LogP contribution in [-0.4, -0.2) is 17.9 Å². The zero-order chi connectivity index (χ0) is 8.60. The molecule has 1 saturated carbocycles. The average molecular weight is 168 g/mol. The van der Waals surface area contributed by atoms with E-state index < -0.39 is 5.92 Å². The quantitative estimate of drug-likeness (QED) is 0.334. The first kappa shape index (κ1) is 7.77. The van der Waals surface area contributed by atoms with Gasteiger partial charge in [0.15, 0.2) is 0 Å². The van der Waals surface area contributed by atoms with Gasteiger partial charge in [0.2, 0.25) is 0 Å². The molecule has 0 aromatic carbocycles. The summed E-state index contributed by atoms with van der Waals surface area (Å²) in [7, 11) is 0. The Morgan fingerprint density at radius 2 is 2.08 bits per heavy atom. The van der Waals surface area contributed by atoms with Crippen LogP contribution >= 0.6 is 0 Å². The summed E-state index contributed by atoms with van der Waals surface area (Å²) >= 11 is 0. The fourth-order valence-electron chi connectivity index (χ4n) is 2.24. The Morgan fingerprint density at radius 1 is 1.42 bits per heavy atom. The van der Waals surface area contributed by atoms with Gasteiger partial charge in [0.05, 0.1) is 0 Å². The van der Waals surface area contributed by atoms with Crippen LogP contribution in [-0.2, 0) is 14.3 Å². The molecule has 2 aliphatic rings. The van der Waals surface area contributed by atoms with Crippen molar-refractivity contribution in [2.24, 2.45) is 5.92 Å². The third kappa shape index (κ3) is 1.04. The second kappa shape index (κ2) is 2.57. The highest BCUT2D eigenvalue weighted by atomic mass is 16.6. The van der Waals surface area contributed by atoms with Gasteiger partial charge in [0.1, 0.15) is 17.8 Å². The Morgan fingerprint density at radius 3 is 2.58 bits per heavy atom. The smallest absolute Gasteiger partial charge is 0.316 e. The molecule has 12 heavy (non-hydrogen) atoms. The number of carbonyl (C=O) groups is 2. The summed E-state index contributed by atoms with van der Waals surface area (Å²) in [4.78, 5) is 21.6. The molecular formula is C9H12O3. The van der Waals surface area contributed by atoms with Gasteiger partial charge >= 0.3 is 5.97 Å². The maximum Gasteiger partial charge on any atom is 0.316 e. The van der Waals surface area contributed by atoms with Crippen molar-refractivity contribution in [2.75, 3.05) is 0 Å². The number of aldehydes is 1. The number of rotatable bonds is 1. The molecular weight excluding hydrogens is 156 g/mol. The fraction of sp³-hybridized carbons (Fsp3) is 0.778. The van der Waals surface area contributed by atoms with E-state index in [1.54, 1.807) is 0 Å². The van der Waals surface area contributed by atoms with Crippen LogP contribution in [0.4, 0.5) is 0 Å². The number of hydrogen-bond acceptors (Lipinski definition) is 3. The van der Waals surface area contributed by atoms with Gasteiger partial charge in [0.25, 0.3) is 0 Å². The lowest BCUT2D eigenvalue weighted by molar-refractivity contribution is -0.150. The van der Waals surface area contributed by atoms with Crippen LogP contribution in [0.15, 0.2) is 0 Å². The maximum atomic E-state index is 11.1. The Kier molecular flexibility index (Phi) is 1.67. The Labute approximate surface area is 71.1 Å². The molecule has 2 fully saturated rings. The third-order valence-electron chi connectivity index (χ3n) is 2.89. The second-order valence-corrected chi connectivity index (χ2v) is 3.76. The summed E-state index contributed by atoms with van der Waals surface area (Å²) in [6.07, 6.45) is 5.48. The molecule has 3 heteroatoms. The summed E-state index contributed by atoms with van der Waals surface area (Å²) in [5.74, 6) is -0.796. The summed E-state index contributed by atoms with van der Waals surface area (Å²) < 4.78 is 5.24. The number of esters is 1. The first-order valence-corrected chi connectivity index (χ1v) is 4.44. The van der Waals surface area contributed by atoms with E-state index in [4.69, 9.17) is 4.74 Å². The minimum atomic E-state index is -0.483. The van der Waals surface area contributed by atoms with Crippen LogP contribution in [0.1, 0.15) is 32.1 Å². The SMILES string of the molecule is O=CC1CC2(CCCC2)OC1=O. The molecule has 0 N–H and O–H groups in total. The van der Waals surface area contributed by atoms with Gasteiger partial charge in [-0.1, -0.05) is 0 Å². The predicted octanol–water partition coefficient (Wildman–Crippen LogP) is 1.06. The van der Waals surface area contributed by atoms with Crippen molar-refractivity contribution >= 4 is 12.3 Å². The van der Waals surface area contributed by atoms with Gasteiger partial charge in [-0.25, -0.2) is 0 Å². The highest BCUT2D eigenvalue weighted by Gasteiger charge is 2.47. The van der Waals surface area contributed by atoms with Crippen molar-refractivity contribution in [3.8, 4) is 0 Å². The molecule has 0 radical (unpaired) electrons. The van der Waals surface area contributed by atoms with Crippen LogP contribution < -0.4 is 0 Å². The molecule has 2 rings (SSSR count). The van der Waals surface area contributed by atoms with E-state index in [0.29, 0.717) is 6.42 Å². The minimum Gasteiger partial charge on any atom is -0.458 e. The molecule has 0 amide bonds. The van der Waals surface area contributed by atoms with Crippen molar-refractivity contribution in [3.63, 3.8) is 0 Å². The predicted molar refractivity (Wildman–Crippen MR) is 41.5 cm³/mol. The van der Waals surface area contributed by atoms with Gasteiger partial charge in [-0.2, -0.15) is 0 Å². The first-order chi connectivity index (χ1) is 5.76. The third-order valence-corrected chi connectivity index (χ3v) is 2.89. The average Bonchev–Trinajstić information content (AvgIpc) is 2.60. The molecule has 3 nitrogen and oxygen atoms in total. The summed E-state index contributed by atoms with van der Waals surface area (Å²) in [6, 6.07) is 0. The lowest BCUT2D eigenvalue weighted by atomic mass is 9.93. The summed E-state index contributed by atoms with van der Waals surface area (Å²) in [5.41, 5.74) is -0.247. The van der Waals surface area contributed by atoms with Crippen LogP contribution in [0, 0.1) is 5.92 Å². The van der Waals surface area contributed by atoms with Crippen LogP contribution in [0.5, 0.6) is 0 Å². The van der Waals surface area contributed by atoms with Gasteiger partial charge in [-0.3, -0.25) is 4.79 Å². The molecule has 1 heterocycles. The highest BCUT2D eigenvalue weighted by molar-refractivity contribution is 5.89. The largest absolute Gasteiger partial charge is 0.458 e. The first-order valence-electron chi connectivity index (χ1n) is 4.44. The molecule has 1 atom stereocenters. The monoisotopic (exact) mass is 168 g/mol. The molecule has 1 saturated heterocycles. The molecule has 0 aromatic heterocycles. The fourth-order valence-corrected chi connectivity index (χ4v) is 2.24. The summed E-state index contributed by atoms with van der Waals surface area (Å²) in [6.45, 7) is 0. The van der Waals surface area contributed by atoms with Crippen LogP contribution in [0.3, 0.4) is 0 Å². The van der Waals surface area contributed by atoms with Crippen molar-refractivity contribution in [3.05, 3.63) is 0 Å². The van der Waals surface area contributed by atoms with Crippen molar-refractivity contribution in [2.45, 2.75) is 37.7 Å². The highest BCUT2D eigenvalue weighted by Crippen LogP contribution is 2.42. The molecule has 0 bridgehead atoms. The van der Waals surface area contributed by atoms with Crippen molar-refractivity contribution < 1.29 is 14.3 Å². The molecule has 66 valence electrons.